The minimum Gasteiger partial charge on any atom is -0.306 e. The Hall–Kier alpha value is -2.27. The zero-order valence-electron chi connectivity index (χ0n) is 12.7. The molecular formula is C17H19N5. The fourth-order valence-corrected chi connectivity index (χ4v) is 3.17. The Morgan fingerprint density at radius 2 is 1.95 bits per heavy atom. The molecule has 0 aromatic carbocycles. The minimum absolute atomic E-state index is 0.447. The van der Waals surface area contributed by atoms with Gasteiger partial charge in [0, 0.05) is 36.6 Å². The molecule has 1 saturated heterocycles. The molecule has 1 unspecified atom stereocenters. The summed E-state index contributed by atoms with van der Waals surface area (Å²) in [6, 6.07) is 8.15. The molecule has 0 amide bonds. The van der Waals surface area contributed by atoms with Crippen molar-refractivity contribution in [3.63, 3.8) is 0 Å². The van der Waals surface area contributed by atoms with Crippen molar-refractivity contribution in [1.82, 2.24) is 24.5 Å². The Labute approximate surface area is 129 Å². The molecule has 0 saturated carbocycles. The molecule has 5 nitrogen and oxygen atoms in total. The maximum absolute atomic E-state index is 4.72. The first-order valence-corrected chi connectivity index (χ1v) is 7.75. The first kappa shape index (κ1) is 13.4. The Balaban J connectivity index is 1.69. The van der Waals surface area contributed by atoms with E-state index in [9.17, 15) is 0 Å². The summed E-state index contributed by atoms with van der Waals surface area (Å²) in [5.74, 6) is 1.42. The quantitative estimate of drug-likeness (QED) is 0.728. The molecule has 1 atom stereocenters. The summed E-state index contributed by atoms with van der Waals surface area (Å²) in [7, 11) is 2.17. The van der Waals surface area contributed by atoms with Crippen LogP contribution in [0.1, 0.15) is 24.6 Å². The van der Waals surface area contributed by atoms with E-state index in [0.29, 0.717) is 5.92 Å². The maximum Gasteiger partial charge on any atom is 0.156 e. The third-order valence-corrected chi connectivity index (χ3v) is 4.35. The van der Waals surface area contributed by atoms with Crippen LogP contribution < -0.4 is 0 Å². The zero-order chi connectivity index (χ0) is 14.9. The maximum atomic E-state index is 4.72. The highest BCUT2D eigenvalue weighted by Crippen LogP contribution is 2.25. The topological polar surface area (TPSA) is 46.3 Å². The molecule has 3 aromatic rings. The van der Waals surface area contributed by atoms with Crippen LogP contribution in [0, 0.1) is 0 Å². The molecule has 0 aliphatic carbocycles. The van der Waals surface area contributed by atoms with Crippen molar-refractivity contribution >= 4 is 5.65 Å². The summed E-state index contributed by atoms with van der Waals surface area (Å²) in [6.45, 7) is 2.23. The lowest BCUT2D eigenvalue weighted by Crippen LogP contribution is -2.31. The van der Waals surface area contributed by atoms with Gasteiger partial charge in [-0.3, -0.25) is 4.98 Å². The summed E-state index contributed by atoms with van der Waals surface area (Å²) < 4.78 is 1.90. The van der Waals surface area contributed by atoms with Gasteiger partial charge in [0.1, 0.15) is 0 Å². The standard InChI is InChI=1S/C17H19N5/c1-21-10-2-3-15(11-21)17-19-16-5-4-14(12-22(16)20-17)13-6-8-18-9-7-13/h4-9,12,15H,2-3,10-11H2,1H3. The van der Waals surface area contributed by atoms with Crippen LogP contribution in [0.2, 0.25) is 0 Å². The molecule has 5 heteroatoms. The van der Waals surface area contributed by atoms with Crippen molar-refractivity contribution in [1.29, 1.82) is 0 Å². The fourth-order valence-electron chi connectivity index (χ4n) is 3.17. The van der Waals surface area contributed by atoms with Crippen molar-refractivity contribution in [3.05, 3.63) is 48.7 Å². The van der Waals surface area contributed by atoms with Gasteiger partial charge in [0.2, 0.25) is 0 Å². The molecular weight excluding hydrogens is 274 g/mol. The molecule has 0 N–H and O–H groups in total. The predicted octanol–water partition coefficient (Wildman–Crippen LogP) is 2.60. The van der Waals surface area contributed by atoms with Crippen LogP contribution in [0.15, 0.2) is 42.9 Å². The number of pyridine rings is 2. The average molecular weight is 293 g/mol. The molecule has 1 aliphatic heterocycles. The van der Waals surface area contributed by atoms with Gasteiger partial charge in [-0.2, -0.15) is 5.10 Å². The van der Waals surface area contributed by atoms with E-state index in [2.05, 4.69) is 23.0 Å². The normalized spacial score (nSPS) is 19.6. The Kier molecular flexibility index (Phi) is 3.35. The second-order valence-corrected chi connectivity index (χ2v) is 6.03. The van der Waals surface area contributed by atoms with Gasteiger partial charge in [0.05, 0.1) is 0 Å². The number of hydrogen-bond acceptors (Lipinski definition) is 4. The van der Waals surface area contributed by atoms with Gasteiger partial charge in [0.15, 0.2) is 11.5 Å². The monoisotopic (exact) mass is 293 g/mol. The third-order valence-electron chi connectivity index (χ3n) is 4.35. The van der Waals surface area contributed by atoms with Crippen LogP contribution in [0.25, 0.3) is 16.8 Å². The first-order chi connectivity index (χ1) is 10.8. The number of rotatable bonds is 2. The summed E-state index contributed by atoms with van der Waals surface area (Å²) in [5.41, 5.74) is 3.19. The number of likely N-dealkylation sites (N-methyl/N-ethyl adjacent to an activating group) is 1. The molecule has 1 fully saturated rings. The van der Waals surface area contributed by atoms with E-state index in [1.807, 2.05) is 41.3 Å². The second-order valence-electron chi connectivity index (χ2n) is 6.03. The fraction of sp³-hybridized carbons (Fsp3) is 0.353. The summed E-state index contributed by atoms with van der Waals surface area (Å²) in [5, 5.41) is 4.72. The number of fused-ring (bicyclic) bond motifs is 1. The van der Waals surface area contributed by atoms with E-state index in [1.54, 1.807) is 0 Å². The first-order valence-electron chi connectivity index (χ1n) is 7.75. The second kappa shape index (κ2) is 5.50. The summed E-state index contributed by atoms with van der Waals surface area (Å²) >= 11 is 0. The molecule has 0 bridgehead atoms. The summed E-state index contributed by atoms with van der Waals surface area (Å²) in [6.07, 6.45) is 8.07. The minimum atomic E-state index is 0.447. The Morgan fingerprint density at radius 1 is 1.09 bits per heavy atom. The van der Waals surface area contributed by atoms with Crippen molar-refractivity contribution < 1.29 is 0 Å². The van der Waals surface area contributed by atoms with Gasteiger partial charge < -0.3 is 4.90 Å². The van der Waals surface area contributed by atoms with Crippen molar-refractivity contribution in [2.75, 3.05) is 20.1 Å². The highest BCUT2D eigenvalue weighted by molar-refractivity contribution is 5.63. The average Bonchev–Trinajstić information content (AvgIpc) is 2.99. The van der Waals surface area contributed by atoms with E-state index in [1.165, 1.54) is 19.4 Å². The largest absolute Gasteiger partial charge is 0.306 e. The molecule has 3 aromatic heterocycles. The number of piperidine rings is 1. The smallest absolute Gasteiger partial charge is 0.156 e. The lowest BCUT2D eigenvalue weighted by molar-refractivity contribution is 0.246. The van der Waals surface area contributed by atoms with E-state index in [0.717, 1.165) is 29.1 Å². The summed E-state index contributed by atoms with van der Waals surface area (Å²) in [4.78, 5) is 11.1. The molecule has 4 heterocycles. The predicted molar refractivity (Wildman–Crippen MR) is 85.7 cm³/mol. The van der Waals surface area contributed by atoms with Gasteiger partial charge in [-0.05, 0) is 56.3 Å². The van der Waals surface area contributed by atoms with E-state index in [4.69, 9.17) is 10.1 Å². The van der Waals surface area contributed by atoms with Gasteiger partial charge in [-0.1, -0.05) is 0 Å². The molecule has 112 valence electrons. The van der Waals surface area contributed by atoms with Crippen LogP contribution in [-0.4, -0.2) is 44.6 Å². The van der Waals surface area contributed by atoms with Crippen LogP contribution in [0.3, 0.4) is 0 Å². The molecule has 0 radical (unpaired) electrons. The number of aromatic nitrogens is 4. The van der Waals surface area contributed by atoms with Crippen molar-refractivity contribution in [3.8, 4) is 11.1 Å². The molecule has 0 spiro atoms. The van der Waals surface area contributed by atoms with Gasteiger partial charge in [-0.15, -0.1) is 0 Å². The lowest BCUT2D eigenvalue weighted by Gasteiger charge is -2.27. The van der Waals surface area contributed by atoms with Crippen LogP contribution in [0.5, 0.6) is 0 Å². The highest BCUT2D eigenvalue weighted by atomic mass is 15.3. The molecule has 22 heavy (non-hydrogen) atoms. The third kappa shape index (κ3) is 2.48. The zero-order valence-corrected chi connectivity index (χ0v) is 12.7. The molecule has 4 rings (SSSR count). The Bertz CT molecular complexity index is 780. The SMILES string of the molecule is CN1CCCC(c2nc3ccc(-c4ccncc4)cn3n2)C1. The van der Waals surface area contributed by atoms with Crippen molar-refractivity contribution in [2.45, 2.75) is 18.8 Å². The van der Waals surface area contributed by atoms with Crippen molar-refractivity contribution in [2.24, 2.45) is 0 Å². The van der Waals surface area contributed by atoms with Crippen LogP contribution in [0.4, 0.5) is 0 Å². The number of likely N-dealkylation sites (tertiary alicyclic amines) is 1. The highest BCUT2D eigenvalue weighted by Gasteiger charge is 2.22. The lowest BCUT2D eigenvalue weighted by atomic mass is 9.98. The number of hydrogen-bond donors (Lipinski definition) is 0. The van der Waals surface area contributed by atoms with E-state index < -0.39 is 0 Å². The van der Waals surface area contributed by atoms with Gasteiger partial charge in [0.25, 0.3) is 0 Å². The van der Waals surface area contributed by atoms with E-state index in [-0.39, 0.29) is 0 Å². The molecule has 1 aliphatic rings. The number of nitrogens with zero attached hydrogens (tertiary/aromatic N) is 5. The van der Waals surface area contributed by atoms with Crippen LogP contribution in [-0.2, 0) is 0 Å². The van der Waals surface area contributed by atoms with Gasteiger partial charge in [-0.25, -0.2) is 9.50 Å². The Morgan fingerprint density at radius 3 is 2.77 bits per heavy atom. The van der Waals surface area contributed by atoms with E-state index >= 15 is 0 Å². The van der Waals surface area contributed by atoms with Gasteiger partial charge >= 0.3 is 0 Å². The van der Waals surface area contributed by atoms with Crippen LogP contribution >= 0.6 is 0 Å².